The molecular formula is C19H25F3N2O3S. The molecule has 5 nitrogen and oxygen atoms in total. The standard InChI is InChI=1S/C19H25F3N2O3S/c1-4-23(13-14(2)3)18(25)15-9-11-24(12-10-15)28(26,27)17-8-6-5-7-16(17)19(20,21)22/h5-8,15H,2,4,9-13H2,1,3H3. The van der Waals surface area contributed by atoms with E-state index in [1.165, 1.54) is 6.07 Å². The van der Waals surface area contributed by atoms with E-state index in [-0.39, 0.29) is 37.8 Å². The Morgan fingerprint density at radius 1 is 1.25 bits per heavy atom. The molecule has 1 saturated heterocycles. The number of hydrogen-bond acceptors (Lipinski definition) is 3. The molecule has 9 heteroatoms. The molecule has 0 unspecified atom stereocenters. The lowest BCUT2D eigenvalue weighted by molar-refractivity contribution is -0.140. The van der Waals surface area contributed by atoms with Gasteiger partial charge < -0.3 is 4.90 Å². The van der Waals surface area contributed by atoms with Gasteiger partial charge in [-0.2, -0.15) is 17.5 Å². The van der Waals surface area contributed by atoms with Crippen LogP contribution in [0.2, 0.25) is 0 Å². The van der Waals surface area contributed by atoms with Crippen molar-refractivity contribution in [1.82, 2.24) is 9.21 Å². The van der Waals surface area contributed by atoms with Gasteiger partial charge in [0.2, 0.25) is 15.9 Å². The highest BCUT2D eigenvalue weighted by Gasteiger charge is 2.40. The Balaban J connectivity index is 2.15. The number of likely N-dealkylation sites (N-methyl/N-ethyl adjacent to an activating group) is 1. The molecule has 0 radical (unpaired) electrons. The van der Waals surface area contributed by atoms with Gasteiger partial charge in [-0.1, -0.05) is 24.3 Å². The molecule has 1 amide bonds. The zero-order chi connectivity index (χ0) is 21.1. The monoisotopic (exact) mass is 418 g/mol. The van der Waals surface area contributed by atoms with Gasteiger partial charge >= 0.3 is 6.18 Å². The number of carbonyl (C=O) groups excluding carboxylic acids is 1. The summed E-state index contributed by atoms with van der Waals surface area (Å²) in [4.78, 5) is 13.6. The van der Waals surface area contributed by atoms with E-state index in [9.17, 15) is 26.4 Å². The van der Waals surface area contributed by atoms with Crippen LogP contribution < -0.4 is 0 Å². The van der Waals surface area contributed by atoms with Crippen molar-refractivity contribution in [2.45, 2.75) is 37.8 Å². The van der Waals surface area contributed by atoms with Crippen LogP contribution in [0, 0.1) is 5.92 Å². The highest BCUT2D eigenvalue weighted by molar-refractivity contribution is 7.89. The molecule has 0 aliphatic carbocycles. The van der Waals surface area contributed by atoms with Crippen LogP contribution in [0.3, 0.4) is 0 Å². The maximum atomic E-state index is 13.2. The second-order valence-corrected chi connectivity index (χ2v) is 8.89. The van der Waals surface area contributed by atoms with E-state index in [0.717, 1.165) is 28.1 Å². The summed E-state index contributed by atoms with van der Waals surface area (Å²) in [6.07, 6.45) is -4.21. The summed E-state index contributed by atoms with van der Waals surface area (Å²) >= 11 is 0. The van der Waals surface area contributed by atoms with Gasteiger partial charge in [0.15, 0.2) is 0 Å². The Hall–Kier alpha value is -1.87. The van der Waals surface area contributed by atoms with Crippen molar-refractivity contribution in [3.05, 3.63) is 42.0 Å². The zero-order valence-corrected chi connectivity index (χ0v) is 16.8. The summed E-state index contributed by atoms with van der Waals surface area (Å²) in [5, 5.41) is 0. The molecule has 0 atom stereocenters. The first-order chi connectivity index (χ1) is 13.0. The van der Waals surface area contributed by atoms with Gasteiger partial charge in [-0.3, -0.25) is 4.79 Å². The number of nitrogens with zero attached hydrogens (tertiary/aromatic N) is 2. The maximum Gasteiger partial charge on any atom is 0.417 e. The van der Waals surface area contributed by atoms with Gasteiger partial charge in [-0.25, -0.2) is 8.42 Å². The molecule has 156 valence electrons. The summed E-state index contributed by atoms with van der Waals surface area (Å²) in [6.45, 7) is 8.45. The van der Waals surface area contributed by atoms with Crippen LogP contribution >= 0.6 is 0 Å². The van der Waals surface area contributed by atoms with Crippen molar-refractivity contribution in [2.75, 3.05) is 26.2 Å². The number of amides is 1. The number of benzene rings is 1. The molecule has 0 bridgehead atoms. The molecule has 2 rings (SSSR count). The Morgan fingerprint density at radius 3 is 2.32 bits per heavy atom. The van der Waals surface area contributed by atoms with Crippen LogP contribution in [0.5, 0.6) is 0 Å². The lowest BCUT2D eigenvalue weighted by Crippen LogP contribution is -2.45. The largest absolute Gasteiger partial charge is 0.417 e. The summed E-state index contributed by atoms with van der Waals surface area (Å²) in [6, 6.07) is 4.17. The molecule has 1 aromatic carbocycles. The van der Waals surface area contributed by atoms with Crippen molar-refractivity contribution in [2.24, 2.45) is 5.92 Å². The van der Waals surface area contributed by atoms with Gasteiger partial charge in [0.25, 0.3) is 0 Å². The van der Waals surface area contributed by atoms with Gasteiger partial charge in [0, 0.05) is 32.1 Å². The lowest BCUT2D eigenvalue weighted by Gasteiger charge is -2.33. The highest BCUT2D eigenvalue weighted by atomic mass is 32.2. The van der Waals surface area contributed by atoms with Gasteiger partial charge in [0.05, 0.1) is 10.5 Å². The summed E-state index contributed by atoms with van der Waals surface area (Å²) < 4.78 is 66.2. The number of sulfonamides is 1. The van der Waals surface area contributed by atoms with Crippen LogP contribution in [-0.4, -0.2) is 49.7 Å². The first kappa shape index (κ1) is 22.4. The number of halogens is 3. The number of rotatable bonds is 6. The third-order valence-corrected chi connectivity index (χ3v) is 6.72. The van der Waals surface area contributed by atoms with Crippen LogP contribution in [0.1, 0.15) is 32.3 Å². The van der Waals surface area contributed by atoms with Gasteiger partial charge in [0.1, 0.15) is 0 Å². The first-order valence-corrected chi connectivity index (χ1v) is 10.5. The Labute approximate surface area is 163 Å². The van der Waals surface area contributed by atoms with Crippen LogP contribution in [-0.2, 0) is 21.0 Å². The zero-order valence-electron chi connectivity index (χ0n) is 16.0. The fourth-order valence-electron chi connectivity index (χ4n) is 3.34. The normalized spacial score (nSPS) is 16.8. The molecule has 1 aliphatic heterocycles. The van der Waals surface area contributed by atoms with Gasteiger partial charge in [-0.15, -0.1) is 0 Å². The molecule has 0 saturated carbocycles. The minimum Gasteiger partial charge on any atom is -0.339 e. The van der Waals surface area contributed by atoms with Crippen molar-refractivity contribution >= 4 is 15.9 Å². The van der Waals surface area contributed by atoms with E-state index >= 15 is 0 Å². The van der Waals surface area contributed by atoms with E-state index < -0.39 is 26.7 Å². The highest BCUT2D eigenvalue weighted by Crippen LogP contribution is 2.36. The molecule has 1 fully saturated rings. The fourth-order valence-corrected chi connectivity index (χ4v) is 5.02. The Morgan fingerprint density at radius 2 is 1.82 bits per heavy atom. The molecule has 1 aromatic rings. The molecule has 1 aliphatic rings. The van der Waals surface area contributed by atoms with E-state index in [1.54, 1.807) is 4.90 Å². The van der Waals surface area contributed by atoms with Crippen molar-refractivity contribution < 1.29 is 26.4 Å². The minimum atomic E-state index is -4.76. The lowest BCUT2D eigenvalue weighted by atomic mass is 9.96. The topological polar surface area (TPSA) is 57.7 Å². The summed E-state index contributed by atoms with van der Waals surface area (Å²) in [5.74, 6) is -0.415. The molecule has 0 aromatic heterocycles. The van der Waals surface area contributed by atoms with Crippen LogP contribution in [0.4, 0.5) is 13.2 Å². The van der Waals surface area contributed by atoms with Gasteiger partial charge in [-0.05, 0) is 38.8 Å². The number of hydrogen-bond donors (Lipinski definition) is 0. The molecule has 0 spiro atoms. The number of piperidine rings is 1. The van der Waals surface area contributed by atoms with E-state index in [4.69, 9.17) is 0 Å². The third-order valence-electron chi connectivity index (χ3n) is 4.77. The molecule has 28 heavy (non-hydrogen) atoms. The fraction of sp³-hybridized carbons (Fsp3) is 0.526. The van der Waals surface area contributed by atoms with Crippen molar-refractivity contribution in [1.29, 1.82) is 0 Å². The molecular weight excluding hydrogens is 393 g/mol. The molecule has 0 N–H and O–H groups in total. The predicted octanol–water partition coefficient (Wildman–Crippen LogP) is 3.53. The number of carbonyl (C=O) groups is 1. The Kier molecular flexibility index (Phi) is 6.93. The second kappa shape index (κ2) is 8.65. The third kappa shape index (κ3) is 4.94. The predicted molar refractivity (Wildman–Crippen MR) is 100.0 cm³/mol. The summed E-state index contributed by atoms with van der Waals surface area (Å²) in [7, 11) is -4.30. The summed E-state index contributed by atoms with van der Waals surface area (Å²) in [5.41, 5.74) is -0.328. The SMILES string of the molecule is C=C(C)CN(CC)C(=O)C1CCN(S(=O)(=O)c2ccccc2C(F)(F)F)CC1. The molecule has 1 heterocycles. The van der Waals surface area contributed by atoms with E-state index in [0.29, 0.717) is 13.1 Å². The van der Waals surface area contributed by atoms with Crippen LogP contribution in [0.15, 0.2) is 41.3 Å². The quantitative estimate of drug-likeness (QED) is 0.664. The van der Waals surface area contributed by atoms with Crippen molar-refractivity contribution in [3.63, 3.8) is 0 Å². The van der Waals surface area contributed by atoms with Crippen LogP contribution in [0.25, 0.3) is 0 Å². The van der Waals surface area contributed by atoms with Crippen molar-refractivity contribution in [3.8, 4) is 0 Å². The number of alkyl halides is 3. The minimum absolute atomic E-state index is 0.00948. The first-order valence-electron chi connectivity index (χ1n) is 9.08. The average molecular weight is 418 g/mol. The maximum absolute atomic E-state index is 13.2. The second-order valence-electron chi connectivity index (χ2n) is 6.98. The van der Waals surface area contributed by atoms with E-state index in [1.807, 2.05) is 13.8 Å². The Bertz CT molecular complexity index is 829. The smallest absolute Gasteiger partial charge is 0.339 e. The average Bonchev–Trinajstić information content (AvgIpc) is 2.64. The van der Waals surface area contributed by atoms with E-state index in [2.05, 4.69) is 6.58 Å².